The molecular formula is C16H19NO3. The molecule has 4 heteroatoms. The number of hydrogen-bond donors (Lipinski definition) is 0. The molecule has 1 unspecified atom stereocenters. The topological polar surface area (TPSA) is 54.5 Å². The van der Waals surface area contributed by atoms with E-state index >= 15 is 0 Å². The van der Waals surface area contributed by atoms with Crippen LogP contribution in [0.1, 0.15) is 43.1 Å². The third-order valence-corrected chi connectivity index (χ3v) is 3.76. The molecule has 1 aromatic carbocycles. The second-order valence-corrected chi connectivity index (χ2v) is 5.63. The van der Waals surface area contributed by atoms with E-state index in [9.17, 15) is 14.4 Å². The average molecular weight is 273 g/mol. The van der Waals surface area contributed by atoms with Gasteiger partial charge in [0.1, 0.15) is 0 Å². The van der Waals surface area contributed by atoms with E-state index in [4.69, 9.17) is 0 Å². The summed E-state index contributed by atoms with van der Waals surface area (Å²) in [5.74, 6) is -0.287. The number of Topliss-reactive ketones (excluding diaryl/α,β-unsaturated/α-hetero) is 1. The molecule has 0 aromatic heterocycles. The van der Waals surface area contributed by atoms with Gasteiger partial charge < -0.3 is 0 Å². The van der Waals surface area contributed by atoms with Gasteiger partial charge in [-0.2, -0.15) is 0 Å². The lowest BCUT2D eigenvalue weighted by Crippen LogP contribution is -2.31. The third kappa shape index (κ3) is 2.79. The summed E-state index contributed by atoms with van der Waals surface area (Å²) in [6, 6.07) is 7.08. The smallest absolute Gasteiger partial charge is 0.233 e. The fraction of sp³-hybridized carbons (Fsp3) is 0.438. The van der Waals surface area contributed by atoms with Crippen molar-refractivity contribution in [3.05, 3.63) is 35.4 Å². The number of benzene rings is 1. The van der Waals surface area contributed by atoms with Crippen LogP contribution in [0.25, 0.3) is 0 Å². The average Bonchev–Trinajstić information content (AvgIpc) is 2.67. The van der Waals surface area contributed by atoms with Crippen LogP contribution in [0.15, 0.2) is 24.3 Å². The van der Waals surface area contributed by atoms with Crippen molar-refractivity contribution in [1.29, 1.82) is 0 Å². The lowest BCUT2D eigenvalue weighted by Gasteiger charge is -2.16. The molecule has 1 saturated heterocycles. The lowest BCUT2D eigenvalue weighted by molar-refractivity contribution is -0.140. The van der Waals surface area contributed by atoms with Crippen LogP contribution in [0.4, 0.5) is 0 Å². The van der Waals surface area contributed by atoms with Crippen molar-refractivity contribution in [2.24, 2.45) is 11.8 Å². The molecule has 1 aromatic rings. The summed E-state index contributed by atoms with van der Waals surface area (Å²) < 4.78 is 0. The molecule has 1 atom stereocenters. The maximum atomic E-state index is 12.2. The van der Waals surface area contributed by atoms with Gasteiger partial charge in [-0.1, -0.05) is 32.0 Å². The summed E-state index contributed by atoms with van der Waals surface area (Å²) in [7, 11) is 0. The SMILES string of the molecule is CC(=O)c1cccc(CN2C(=O)CC(C(C)C)C2=O)c1. The Hall–Kier alpha value is -1.97. The summed E-state index contributed by atoms with van der Waals surface area (Å²) >= 11 is 0. The minimum absolute atomic E-state index is 0.0222. The Bertz CT molecular complexity index is 563. The van der Waals surface area contributed by atoms with Crippen molar-refractivity contribution in [2.75, 3.05) is 0 Å². The Morgan fingerprint density at radius 3 is 2.60 bits per heavy atom. The maximum Gasteiger partial charge on any atom is 0.233 e. The Kier molecular flexibility index (Phi) is 4.02. The highest BCUT2D eigenvalue weighted by molar-refractivity contribution is 6.03. The number of nitrogens with zero attached hydrogens (tertiary/aromatic N) is 1. The maximum absolute atomic E-state index is 12.2. The first kappa shape index (κ1) is 14.4. The summed E-state index contributed by atoms with van der Waals surface area (Å²) in [5, 5.41) is 0. The van der Waals surface area contributed by atoms with Crippen LogP contribution < -0.4 is 0 Å². The van der Waals surface area contributed by atoms with Crippen LogP contribution in [0.5, 0.6) is 0 Å². The van der Waals surface area contributed by atoms with E-state index in [1.54, 1.807) is 18.2 Å². The molecule has 4 nitrogen and oxygen atoms in total. The molecule has 0 saturated carbocycles. The number of imide groups is 1. The van der Waals surface area contributed by atoms with E-state index in [-0.39, 0.29) is 36.0 Å². The molecule has 1 heterocycles. The molecule has 2 rings (SSSR count). The Balaban J connectivity index is 2.18. The fourth-order valence-electron chi connectivity index (χ4n) is 2.47. The van der Waals surface area contributed by atoms with Crippen LogP contribution in [-0.2, 0) is 16.1 Å². The van der Waals surface area contributed by atoms with Gasteiger partial charge >= 0.3 is 0 Å². The molecule has 0 aliphatic carbocycles. The zero-order valence-corrected chi connectivity index (χ0v) is 12.1. The second-order valence-electron chi connectivity index (χ2n) is 5.63. The van der Waals surface area contributed by atoms with Crippen molar-refractivity contribution < 1.29 is 14.4 Å². The van der Waals surface area contributed by atoms with Gasteiger partial charge in [-0.15, -0.1) is 0 Å². The van der Waals surface area contributed by atoms with Crippen molar-refractivity contribution >= 4 is 17.6 Å². The second kappa shape index (κ2) is 5.57. The quantitative estimate of drug-likeness (QED) is 0.625. The van der Waals surface area contributed by atoms with E-state index in [1.807, 2.05) is 19.9 Å². The van der Waals surface area contributed by atoms with Gasteiger partial charge in [0, 0.05) is 17.9 Å². The first-order valence-corrected chi connectivity index (χ1v) is 6.84. The Morgan fingerprint density at radius 2 is 2.05 bits per heavy atom. The molecule has 20 heavy (non-hydrogen) atoms. The lowest BCUT2D eigenvalue weighted by atomic mass is 9.94. The predicted molar refractivity (Wildman–Crippen MR) is 74.9 cm³/mol. The summed E-state index contributed by atoms with van der Waals surface area (Å²) in [6.45, 7) is 5.66. The summed E-state index contributed by atoms with van der Waals surface area (Å²) in [4.78, 5) is 36.8. The molecule has 1 aliphatic rings. The summed E-state index contributed by atoms with van der Waals surface area (Å²) in [6.07, 6.45) is 0.295. The minimum Gasteiger partial charge on any atom is -0.295 e. The first-order chi connectivity index (χ1) is 9.40. The molecule has 2 amide bonds. The molecule has 0 spiro atoms. The molecule has 1 aliphatic heterocycles. The van der Waals surface area contributed by atoms with Gasteiger partial charge in [0.2, 0.25) is 11.8 Å². The molecule has 0 N–H and O–H groups in total. The van der Waals surface area contributed by atoms with E-state index in [1.165, 1.54) is 11.8 Å². The Labute approximate surface area is 118 Å². The fourth-order valence-corrected chi connectivity index (χ4v) is 2.47. The van der Waals surface area contributed by atoms with Crippen molar-refractivity contribution in [3.63, 3.8) is 0 Å². The predicted octanol–water partition coefficient (Wildman–Crippen LogP) is 2.42. The first-order valence-electron chi connectivity index (χ1n) is 6.84. The van der Waals surface area contributed by atoms with Crippen LogP contribution in [0.3, 0.4) is 0 Å². The zero-order chi connectivity index (χ0) is 14.9. The highest BCUT2D eigenvalue weighted by Crippen LogP contribution is 2.27. The Morgan fingerprint density at radius 1 is 1.35 bits per heavy atom. The molecule has 0 bridgehead atoms. The number of carbonyl (C=O) groups excluding carboxylic acids is 3. The highest BCUT2D eigenvalue weighted by Gasteiger charge is 2.39. The van der Waals surface area contributed by atoms with Crippen LogP contribution in [0, 0.1) is 11.8 Å². The van der Waals surface area contributed by atoms with E-state index < -0.39 is 0 Å². The standard InChI is InChI=1S/C16H19NO3/c1-10(2)14-8-15(19)17(16(14)20)9-12-5-4-6-13(7-12)11(3)18/h4-7,10,14H,8-9H2,1-3H3. The normalized spacial score (nSPS) is 19.0. The van der Waals surface area contributed by atoms with Crippen LogP contribution >= 0.6 is 0 Å². The minimum atomic E-state index is -0.210. The highest BCUT2D eigenvalue weighted by atomic mass is 16.2. The number of carbonyl (C=O) groups is 3. The van der Waals surface area contributed by atoms with Crippen molar-refractivity contribution in [1.82, 2.24) is 4.90 Å². The number of hydrogen-bond acceptors (Lipinski definition) is 3. The van der Waals surface area contributed by atoms with Gasteiger partial charge in [-0.25, -0.2) is 0 Å². The zero-order valence-electron chi connectivity index (χ0n) is 12.1. The van der Waals surface area contributed by atoms with Crippen molar-refractivity contribution in [2.45, 2.75) is 33.7 Å². The van der Waals surface area contributed by atoms with Gasteiger partial charge in [0.15, 0.2) is 5.78 Å². The third-order valence-electron chi connectivity index (χ3n) is 3.76. The van der Waals surface area contributed by atoms with Gasteiger partial charge in [-0.3, -0.25) is 19.3 Å². The monoisotopic (exact) mass is 273 g/mol. The van der Waals surface area contributed by atoms with Crippen molar-refractivity contribution in [3.8, 4) is 0 Å². The molecule has 0 radical (unpaired) electrons. The number of likely N-dealkylation sites (tertiary alicyclic amines) is 1. The number of amides is 2. The van der Waals surface area contributed by atoms with Crippen LogP contribution in [0.2, 0.25) is 0 Å². The van der Waals surface area contributed by atoms with E-state index in [0.717, 1.165) is 5.56 Å². The van der Waals surface area contributed by atoms with Crippen LogP contribution in [-0.4, -0.2) is 22.5 Å². The van der Waals surface area contributed by atoms with E-state index in [0.29, 0.717) is 12.0 Å². The number of rotatable bonds is 4. The van der Waals surface area contributed by atoms with Gasteiger partial charge in [-0.05, 0) is 24.5 Å². The molecule has 1 fully saturated rings. The van der Waals surface area contributed by atoms with Gasteiger partial charge in [0.25, 0.3) is 0 Å². The molecule has 106 valence electrons. The molecular weight excluding hydrogens is 254 g/mol. The van der Waals surface area contributed by atoms with Gasteiger partial charge in [0.05, 0.1) is 6.54 Å². The van der Waals surface area contributed by atoms with E-state index in [2.05, 4.69) is 0 Å². The summed E-state index contributed by atoms with van der Waals surface area (Å²) in [5.41, 5.74) is 1.41. The number of ketones is 1. The largest absolute Gasteiger partial charge is 0.295 e.